The molecule has 0 aliphatic carbocycles. The molecule has 3 nitrogen and oxygen atoms in total. The van der Waals surface area contributed by atoms with Gasteiger partial charge in [0, 0.05) is 6.20 Å². The van der Waals surface area contributed by atoms with Crippen molar-refractivity contribution in [2.75, 3.05) is 12.3 Å². The first-order chi connectivity index (χ1) is 7.27. The summed E-state index contributed by atoms with van der Waals surface area (Å²) in [6.45, 7) is 0.149. The van der Waals surface area contributed by atoms with E-state index in [2.05, 4.69) is 0 Å². The predicted molar refractivity (Wildman–Crippen MR) is 62.0 cm³/mol. The molecule has 78 valence electrons. The van der Waals surface area contributed by atoms with Crippen LogP contribution in [0.25, 0.3) is 0 Å². The normalized spacial score (nSPS) is 15.7. The number of Topliss-reactive ketones (excluding diaryl/α,β-unsaturated/α-hetero) is 1. The van der Waals surface area contributed by atoms with Gasteiger partial charge in [0.2, 0.25) is 5.91 Å². The highest BCUT2D eigenvalue weighted by molar-refractivity contribution is 8.02. The van der Waals surface area contributed by atoms with Gasteiger partial charge < -0.3 is 4.90 Å². The maximum Gasteiger partial charge on any atom is 0.237 e. The molecule has 1 amide bonds. The average molecular weight is 239 g/mol. The molecular weight excluding hydrogens is 230 g/mol. The van der Waals surface area contributed by atoms with Gasteiger partial charge in [-0.05, 0) is 16.9 Å². The molecule has 0 bridgehead atoms. The molecule has 0 aromatic carbocycles. The van der Waals surface area contributed by atoms with Gasteiger partial charge in [0.05, 0.1) is 17.2 Å². The molecular formula is C10H9NO2S2. The summed E-state index contributed by atoms with van der Waals surface area (Å²) in [7, 11) is 0. The van der Waals surface area contributed by atoms with Crippen LogP contribution in [0.3, 0.4) is 0 Å². The maximum absolute atomic E-state index is 11.7. The lowest BCUT2D eigenvalue weighted by molar-refractivity contribution is -0.125. The SMILES string of the molecule is O=C(CN1C=CSCC1=O)c1cccs1. The summed E-state index contributed by atoms with van der Waals surface area (Å²) in [5.41, 5.74) is 0. The molecule has 1 aromatic rings. The van der Waals surface area contributed by atoms with Gasteiger partial charge in [0.15, 0.2) is 5.78 Å². The van der Waals surface area contributed by atoms with E-state index in [9.17, 15) is 9.59 Å². The van der Waals surface area contributed by atoms with Gasteiger partial charge >= 0.3 is 0 Å². The highest BCUT2D eigenvalue weighted by Crippen LogP contribution is 2.15. The predicted octanol–water partition coefficient (Wildman–Crippen LogP) is 1.98. The Hall–Kier alpha value is -1.07. The van der Waals surface area contributed by atoms with Gasteiger partial charge in [-0.25, -0.2) is 0 Å². The smallest absolute Gasteiger partial charge is 0.237 e. The summed E-state index contributed by atoms with van der Waals surface area (Å²) in [4.78, 5) is 25.3. The van der Waals surface area contributed by atoms with Gasteiger partial charge in [-0.15, -0.1) is 23.1 Å². The Morgan fingerprint density at radius 1 is 1.53 bits per heavy atom. The van der Waals surface area contributed by atoms with Crippen molar-refractivity contribution in [3.8, 4) is 0 Å². The Kier molecular flexibility index (Phi) is 3.23. The third-order valence-electron chi connectivity index (χ3n) is 1.97. The summed E-state index contributed by atoms with van der Waals surface area (Å²) in [6, 6.07) is 3.61. The van der Waals surface area contributed by atoms with E-state index in [-0.39, 0.29) is 18.2 Å². The summed E-state index contributed by atoms with van der Waals surface area (Å²) in [5.74, 6) is 0.413. The second-order valence-electron chi connectivity index (χ2n) is 3.02. The molecule has 1 aromatic heterocycles. The van der Waals surface area contributed by atoms with Crippen molar-refractivity contribution >= 4 is 34.8 Å². The van der Waals surface area contributed by atoms with Gasteiger partial charge in [-0.2, -0.15) is 0 Å². The molecule has 2 rings (SSSR count). The number of hydrogen-bond acceptors (Lipinski definition) is 4. The van der Waals surface area contributed by atoms with E-state index in [1.807, 2.05) is 16.9 Å². The lowest BCUT2D eigenvalue weighted by Gasteiger charge is -2.19. The Bertz CT molecular complexity index is 398. The van der Waals surface area contributed by atoms with E-state index in [1.165, 1.54) is 28.0 Å². The molecule has 0 N–H and O–H groups in total. The maximum atomic E-state index is 11.7. The minimum atomic E-state index is -0.00703. The highest BCUT2D eigenvalue weighted by atomic mass is 32.2. The Labute approximate surface area is 95.8 Å². The molecule has 0 saturated heterocycles. The number of hydrogen-bond donors (Lipinski definition) is 0. The highest BCUT2D eigenvalue weighted by Gasteiger charge is 2.18. The molecule has 0 fully saturated rings. The van der Waals surface area contributed by atoms with Gasteiger partial charge in [0.25, 0.3) is 0 Å². The van der Waals surface area contributed by atoms with Crippen molar-refractivity contribution in [3.05, 3.63) is 34.0 Å². The first kappa shape index (κ1) is 10.4. The summed E-state index contributed by atoms with van der Waals surface area (Å²) in [6.07, 6.45) is 1.67. The molecule has 0 spiro atoms. The number of ketones is 1. The van der Waals surface area contributed by atoms with Crippen LogP contribution in [0.2, 0.25) is 0 Å². The van der Waals surface area contributed by atoms with Crippen LogP contribution < -0.4 is 0 Å². The molecule has 15 heavy (non-hydrogen) atoms. The zero-order chi connectivity index (χ0) is 10.7. The second-order valence-corrected chi connectivity index (χ2v) is 4.86. The number of nitrogens with zero attached hydrogens (tertiary/aromatic N) is 1. The van der Waals surface area contributed by atoms with Crippen LogP contribution in [0.1, 0.15) is 9.67 Å². The van der Waals surface area contributed by atoms with E-state index in [0.717, 1.165) is 0 Å². The zero-order valence-corrected chi connectivity index (χ0v) is 9.51. The molecule has 0 atom stereocenters. The quantitative estimate of drug-likeness (QED) is 0.757. The van der Waals surface area contributed by atoms with Crippen LogP contribution in [0, 0.1) is 0 Å². The minimum absolute atomic E-state index is 0.00472. The average Bonchev–Trinajstić information content (AvgIpc) is 2.74. The van der Waals surface area contributed by atoms with Crippen molar-refractivity contribution < 1.29 is 9.59 Å². The topological polar surface area (TPSA) is 37.4 Å². The molecule has 0 radical (unpaired) electrons. The van der Waals surface area contributed by atoms with E-state index in [0.29, 0.717) is 10.6 Å². The summed E-state index contributed by atoms with van der Waals surface area (Å²) >= 11 is 2.85. The number of carbonyl (C=O) groups is 2. The van der Waals surface area contributed by atoms with Crippen molar-refractivity contribution in [1.82, 2.24) is 4.90 Å². The van der Waals surface area contributed by atoms with Gasteiger partial charge in [-0.1, -0.05) is 6.07 Å². The zero-order valence-electron chi connectivity index (χ0n) is 7.88. The Balaban J connectivity index is 2.03. The summed E-state index contributed by atoms with van der Waals surface area (Å²) < 4.78 is 0. The van der Waals surface area contributed by atoms with Crippen molar-refractivity contribution in [1.29, 1.82) is 0 Å². The fourth-order valence-corrected chi connectivity index (χ4v) is 2.51. The van der Waals surface area contributed by atoms with E-state index >= 15 is 0 Å². The molecule has 1 aliphatic rings. The first-order valence-corrected chi connectivity index (χ1v) is 6.34. The van der Waals surface area contributed by atoms with E-state index < -0.39 is 0 Å². The molecule has 2 heterocycles. The number of amides is 1. The van der Waals surface area contributed by atoms with Crippen LogP contribution in [-0.2, 0) is 4.79 Å². The third-order valence-corrected chi connectivity index (χ3v) is 3.61. The molecule has 5 heteroatoms. The van der Waals surface area contributed by atoms with Crippen molar-refractivity contribution in [2.45, 2.75) is 0 Å². The molecule has 0 saturated carbocycles. The Morgan fingerprint density at radius 3 is 3.07 bits per heavy atom. The number of thioether (sulfide) groups is 1. The molecule has 0 unspecified atom stereocenters. The monoisotopic (exact) mass is 239 g/mol. The lowest BCUT2D eigenvalue weighted by Crippen LogP contribution is -2.33. The first-order valence-electron chi connectivity index (χ1n) is 4.42. The lowest BCUT2D eigenvalue weighted by atomic mass is 10.3. The third kappa shape index (κ3) is 2.49. The summed E-state index contributed by atoms with van der Waals surface area (Å²) in [5, 5.41) is 3.69. The number of thiophene rings is 1. The van der Waals surface area contributed by atoms with Gasteiger partial charge in [-0.3, -0.25) is 9.59 Å². The van der Waals surface area contributed by atoms with Crippen LogP contribution in [0.15, 0.2) is 29.1 Å². The fraction of sp³-hybridized carbons (Fsp3) is 0.200. The van der Waals surface area contributed by atoms with Crippen LogP contribution in [-0.4, -0.2) is 28.9 Å². The number of rotatable bonds is 3. The molecule has 1 aliphatic heterocycles. The standard InChI is InChI=1S/C10H9NO2S2/c12-8(9-2-1-4-15-9)6-11-3-5-14-7-10(11)13/h1-5H,6-7H2. The fourth-order valence-electron chi connectivity index (χ4n) is 1.21. The van der Waals surface area contributed by atoms with Crippen LogP contribution >= 0.6 is 23.1 Å². The minimum Gasteiger partial charge on any atom is -0.310 e. The van der Waals surface area contributed by atoms with E-state index in [4.69, 9.17) is 0 Å². The van der Waals surface area contributed by atoms with Gasteiger partial charge in [0.1, 0.15) is 0 Å². The van der Waals surface area contributed by atoms with Crippen molar-refractivity contribution in [2.24, 2.45) is 0 Å². The Morgan fingerprint density at radius 2 is 2.40 bits per heavy atom. The largest absolute Gasteiger partial charge is 0.310 e. The number of carbonyl (C=O) groups excluding carboxylic acids is 2. The van der Waals surface area contributed by atoms with Crippen LogP contribution in [0.4, 0.5) is 0 Å². The second kappa shape index (κ2) is 4.63. The van der Waals surface area contributed by atoms with Crippen LogP contribution in [0.5, 0.6) is 0 Å². The van der Waals surface area contributed by atoms with E-state index in [1.54, 1.807) is 12.3 Å². The van der Waals surface area contributed by atoms with Crippen molar-refractivity contribution in [3.63, 3.8) is 0 Å².